The summed E-state index contributed by atoms with van der Waals surface area (Å²) in [5.74, 6) is 1.18. The van der Waals surface area contributed by atoms with Crippen LogP contribution in [0.1, 0.15) is 29.9 Å². The molecule has 0 aliphatic carbocycles. The van der Waals surface area contributed by atoms with Gasteiger partial charge < -0.3 is 16.0 Å². The zero-order chi connectivity index (χ0) is 19.6. The Kier molecular flexibility index (Phi) is 7.79. The van der Waals surface area contributed by atoms with Crippen LogP contribution in [0.4, 0.5) is 5.82 Å². The smallest absolute Gasteiger partial charge is 0.227 e. The quantitative estimate of drug-likeness (QED) is 0.373. The number of amides is 1. The van der Waals surface area contributed by atoms with Crippen LogP contribution in [-0.2, 0) is 11.3 Å². The molecule has 146 valence electrons. The molecule has 0 radical (unpaired) electrons. The minimum Gasteiger partial charge on any atom is -0.356 e. The Bertz CT molecular complexity index is 782. The van der Waals surface area contributed by atoms with Crippen LogP contribution in [0.15, 0.2) is 29.3 Å². The SMILES string of the molecule is CN=C(NCCCn1nc(C)cc1C)NCCC(=O)Nc1cccc(C)n1. The fourth-order valence-corrected chi connectivity index (χ4v) is 2.67. The van der Waals surface area contributed by atoms with E-state index in [1.165, 1.54) is 5.69 Å². The Balaban J connectivity index is 1.63. The van der Waals surface area contributed by atoms with Gasteiger partial charge in [0.15, 0.2) is 5.96 Å². The van der Waals surface area contributed by atoms with Crippen LogP contribution in [0.2, 0.25) is 0 Å². The summed E-state index contributed by atoms with van der Waals surface area (Å²) in [7, 11) is 1.72. The van der Waals surface area contributed by atoms with E-state index in [0.717, 1.165) is 30.9 Å². The van der Waals surface area contributed by atoms with Gasteiger partial charge in [0.05, 0.1) is 5.69 Å². The lowest BCUT2D eigenvalue weighted by Gasteiger charge is -2.12. The normalized spacial score (nSPS) is 11.3. The van der Waals surface area contributed by atoms with Crippen LogP contribution >= 0.6 is 0 Å². The highest BCUT2D eigenvalue weighted by molar-refractivity contribution is 5.90. The van der Waals surface area contributed by atoms with Crippen molar-refractivity contribution in [3.63, 3.8) is 0 Å². The highest BCUT2D eigenvalue weighted by Crippen LogP contribution is 2.04. The third-order valence-electron chi connectivity index (χ3n) is 3.97. The molecule has 8 heteroatoms. The molecule has 0 aliphatic rings. The van der Waals surface area contributed by atoms with Gasteiger partial charge in [0.25, 0.3) is 0 Å². The molecule has 0 aromatic carbocycles. The summed E-state index contributed by atoms with van der Waals surface area (Å²) in [5.41, 5.74) is 3.08. The number of aryl methyl sites for hydroxylation is 4. The van der Waals surface area contributed by atoms with Crippen LogP contribution < -0.4 is 16.0 Å². The average Bonchev–Trinajstić information content (AvgIpc) is 2.94. The molecule has 2 aromatic heterocycles. The number of guanidine groups is 1. The lowest BCUT2D eigenvalue weighted by atomic mass is 10.3. The van der Waals surface area contributed by atoms with Gasteiger partial charge in [0.1, 0.15) is 5.82 Å². The molecule has 0 bridgehead atoms. The number of hydrogen-bond acceptors (Lipinski definition) is 4. The van der Waals surface area contributed by atoms with Gasteiger partial charge in [0, 0.05) is 44.5 Å². The molecule has 0 saturated heterocycles. The maximum atomic E-state index is 12.0. The monoisotopic (exact) mass is 371 g/mol. The van der Waals surface area contributed by atoms with E-state index in [0.29, 0.717) is 24.7 Å². The Morgan fingerprint density at radius 1 is 1.15 bits per heavy atom. The molecule has 2 heterocycles. The van der Waals surface area contributed by atoms with Gasteiger partial charge >= 0.3 is 0 Å². The molecule has 2 aromatic rings. The van der Waals surface area contributed by atoms with Crippen molar-refractivity contribution in [2.45, 2.75) is 40.2 Å². The minimum absolute atomic E-state index is 0.0828. The predicted molar refractivity (Wildman–Crippen MR) is 108 cm³/mol. The van der Waals surface area contributed by atoms with Crippen molar-refractivity contribution in [1.29, 1.82) is 0 Å². The molecule has 3 N–H and O–H groups in total. The van der Waals surface area contributed by atoms with E-state index in [1.54, 1.807) is 13.1 Å². The first kappa shape index (κ1) is 20.4. The van der Waals surface area contributed by atoms with Gasteiger partial charge in [-0.3, -0.25) is 14.5 Å². The second-order valence-corrected chi connectivity index (χ2v) is 6.39. The zero-order valence-corrected chi connectivity index (χ0v) is 16.5. The zero-order valence-electron chi connectivity index (χ0n) is 16.5. The number of nitrogens with one attached hydrogen (secondary N) is 3. The highest BCUT2D eigenvalue weighted by Gasteiger charge is 2.05. The van der Waals surface area contributed by atoms with E-state index < -0.39 is 0 Å². The molecule has 0 aliphatic heterocycles. The van der Waals surface area contributed by atoms with Gasteiger partial charge in [-0.1, -0.05) is 6.07 Å². The Morgan fingerprint density at radius 3 is 2.59 bits per heavy atom. The van der Waals surface area contributed by atoms with Crippen molar-refractivity contribution in [2.75, 3.05) is 25.5 Å². The maximum Gasteiger partial charge on any atom is 0.227 e. The molecule has 0 fully saturated rings. The summed E-state index contributed by atoms with van der Waals surface area (Å²) in [6, 6.07) is 7.61. The number of aliphatic imine (C=N–C) groups is 1. The predicted octanol–water partition coefficient (Wildman–Crippen LogP) is 1.79. The van der Waals surface area contributed by atoms with E-state index in [2.05, 4.69) is 44.0 Å². The van der Waals surface area contributed by atoms with Crippen LogP contribution in [-0.4, -0.2) is 46.8 Å². The van der Waals surface area contributed by atoms with Crippen LogP contribution in [0.25, 0.3) is 0 Å². The molecule has 0 unspecified atom stereocenters. The molecule has 8 nitrogen and oxygen atoms in total. The van der Waals surface area contributed by atoms with Gasteiger partial charge in [-0.2, -0.15) is 5.10 Å². The van der Waals surface area contributed by atoms with E-state index in [1.807, 2.05) is 30.7 Å². The maximum absolute atomic E-state index is 12.0. The first-order valence-corrected chi connectivity index (χ1v) is 9.17. The largest absolute Gasteiger partial charge is 0.356 e. The molecule has 0 saturated carbocycles. The number of carbonyl (C=O) groups excluding carboxylic acids is 1. The second kappa shape index (κ2) is 10.3. The van der Waals surface area contributed by atoms with Crippen LogP contribution in [0.5, 0.6) is 0 Å². The van der Waals surface area contributed by atoms with E-state index in [4.69, 9.17) is 0 Å². The average molecular weight is 371 g/mol. The van der Waals surface area contributed by atoms with Crippen molar-refractivity contribution in [3.05, 3.63) is 41.3 Å². The summed E-state index contributed by atoms with van der Waals surface area (Å²) in [5, 5.41) is 13.6. The van der Waals surface area contributed by atoms with E-state index in [9.17, 15) is 4.79 Å². The standard InChI is InChI=1S/C19H29N7O/c1-14-7-5-8-17(23-14)24-18(27)9-11-22-19(20-4)21-10-6-12-26-16(3)13-15(2)25-26/h5,7-8,13H,6,9-12H2,1-4H3,(H2,20,21,22)(H,23,24,27). The molecule has 2 rings (SSSR count). The number of nitrogens with zero attached hydrogens (tertiary/aromatic N) is 4. The van der Waals surface area contributed by atoms with Crippen LogP contribution in [0.3, 0.4) is 0 Å². The lowest BCUT2D eigenvalue weighted by Crippen LogP contribution is -2.39. The molecule has 0 spiro atoms. The van der Waals surface area contributed by atoms with Crippen molar-refractivity contribution in [2.24, 2.45) is 4.99 Å². The summed E-state index contributed by atoms with van der Waals surface area (Å²) < 4.78 is 2.01. The van der Waals surface area contributed by atoms with E-state index >= 15 is 0 Å². The van der Waals surface area contributed by atoms with Gasteiger partial charge in [-0.15, -0.1) is 0 Å². The lowest BCUT2D eigenvalue weighted by molar-refractivity contribution is -0.116. The van der Waals surface area contributed by atoms with Gasteiger partial charge in [-0.05, 0) is 45.4 Å². The molecule has 27 heavy (non-hydrogen) atoms. The third kappa shape index (κ3) is 7.08. The molecule has 0 atom stereocenters. The van der Waals surface area contributed by atoms with Crippen LogP contribution in [0, 0.1) is 20.8 Å². The topological polar surface area (TPSA) is 96.2 Å². The summed E-state index contributed by atoms with van der Waals surface area (Å²) in [6.07, 6.45) is 1.27. The summed E-state index contributed by atoms with van der Waals surface area (Å²) >= 11 is 0. The summed E-state index contributed by atoms with van der Waals surface area (Å²) in [6.45, 7) is 8.08. The van der Waals surface area contributed by atoms with Gasteiger partial charge in [0.2, 0.25) is 5.91 Å². The Hall–Kier alpha value is -2.90. The molecular weight excluding hydrogens is 342 g/mol. The number of anilines is 1. The number of aromatic nitrogens is 3. The van der Waals surface area contributed by atoms with Crippen molar-refractivity contribution in [1.82, 2.24) is 25.4 Å². The Labute approximate surface area is 160 Å². The second-order valence-electron chi connectivity index (χ2n) is 6.39. The van der Waals surface area contributed by atoms with Gasteiger partial charge in [-0.25, -0.2) is 4.98 Å². The van der Waals surface area contributed by atoms with Crippen molar-refractivity contribution in [3.8, 4) is 0 Å². The number of carbonyl (C=O) groups is 1. The fraction of sp³-hybridized carbons (Fsp3) is 0.474. The first-order chi connectivity index (χ1) is 13.0. The van der Waals surface area contributed by atoms with Crippen molar-refractivity contribution >= 4 is 17.7 Å². The third-order valence-corrected chi connectivity index (χ3v) is 3.97. The summed E-state index contributed by atoms with van der Waals surface area (Å²) in [4.78, 5) is 20.4. The fourth-order valence-electron chi connectivity index (χ4n) is 2.67. The highest BCUT2D eigenvalue weighted by atomic mass is 16.1. The Morgan fingerprint density at radius 2 is 1.93 bits per heavy atom. The first-order valence-electron chi connectivity index (χ1n) is 9.17. The molecular formula is C19H29N7O. The minimum atomic E-state index is -0.0828. The van der Waals surface area contributed by atoms with E-state index in [-0.39, 0.29) is 5.91 Å². The molecule has 1 amide bonds. The number of rotatable bonds is 8. The number of pyridine rings is 1. The van der Waals surface area contributed by atoms with Crippen molar-refractivity contribution < 1.29 is 4.79 Å². The number of hydrogen-bond donors (Lipinski definition) is 3.